The number of rotatable bonds is 2. The maximum absolute atomic E-state index is 2.54. The van der Waals surface area contributed by atoms with Crippen LogP contribution in [0.25, 0.3) is 98.4 Å². The first-order chi connectivity index (χ1) is 26.1. The van der Waals surface area contributed by atoms with Gasteiger partial charge in [-0.05, 0) is 90.0 Å². The molecule has 2 nitrogen and oxygen atoms in total. The first-order valence-corrected chi connectivity index (χ1v) is 19.3. The van der Waals surface area contributed by atoms with Crippen LogP contribution in [0.15, 0.2) is 146 Å². The summed E-state index contributed by atoms with van der Waals surface area (Å²) in [5.74, 6) is 0. The maximum atomic E-state index is 2.54. The van der Waals surface area contributed by atoms with Gasteiger partial charge in [0.2, 0.25) is 0 Å². The molecule has 0 radical (unpaired) electrons. The van der Waals surface area contributed by atoms with E-state index in [4.69, 9.17) is 0 Å². The Morgan fingerprint density at radius 3 is 1.07 bits per heavy atom. The fourth-order valence-corrected chi connectivity index (χ4v) is 9.47. The minimum absolute atomic E-state index is 0.122. The summed E-state index contributed by atoms with van der Waals surface area (Å²) < 4.78 is 5.08. The van der Waals surface area contributed by atoms with Gasteiger partial charge in [-0.3, -0.25) is 0 Å². The van der Waals surface area contributed by atoms with Gasteiger partial charge in [0.25, 0.3) is 0 Å². The Labute approximate surface area is 315 Å². The van der Waals surface area contributed by atoms with Gasteiger partial charge in [0.15, 0.2) is 0 Å². The summed E-state index contributed by atoms with van der Waals surface area (Å²) in [6, 6.07) is 55.2. The van der Waals surface area contributed by atoms with Crippen LogP contribution in [-0.2, 0) is 10.8 Å². The highest BCUT2D eigenvalue weighted by atomic mass is 15.0. The van der Waals surface area contributed by atoms with Gasteiger partial charge in [0.05, 0.1) is 33.1 Å². The standard InChI is InChI=1S/C52H42N2/c1-51(2,3)33-23-19-31(20-24-33)35-11-7-13-39-37(35)27-29-43-47(39)41-15-9-17-45-49(41)53(43)46-18-10-16-42-48-40-14-8-12-36(32-21-25-34(26-22-32)52(4,5)6)38(40)28-30-44(48)54(45)50(42)46/h7-30H,1-6H3. The van der Waals surface area contributed by atoms with Crippen molar-refractivity contribution in [2.24, 2.45) is 0 Å². The topological polar surface area (TPSA) is 8.82 Å². The van der Waals surface area contributed by atoms with Crippen molar-refractivity contribution in [2.45, 2.75) is 52.4 Å². The van der Waals surface area contributed by atoms with Crippen molar-refractivity contribution in [2.75, 3.05) is 0 Å². The molecule has 0 aliphatic rings. The van der Waals surface area contributed by atoms with E-state index >= 15 is 0 Å². The number of benzene rings is 8. The molecule has 54 heavy (non-hydrogen) atoms. The summed E-state index contributed by atoms with van der Waals surface area (Å²) in [6.45, 7) is 13.7. The van der Waals surface area contributed by atoms with Crippen LogP contribution in [0.4, 0.5) is 0 Å². The van der Waals surface area contributed by atoms with Crippen molar-refractivity contribution in [1.29, 1.82) is 0 Å². The quantitative estimate of drug-likeness (QED) is 0.159. The third kappa shape index (κ3) is 4.23. The van der Waals surface area contributed by atoms with Crippen molar-refractivity contribution < 1.29 is 0 Å². The molecule has 0 aliphatic carbocycles. The summed E-state index contributed by atoms with van der Waals surface area (Å²) in [5.41, 5.74) is 15.5. The monoisotopic (exact) mass is 694 g/mol. The number of fused-ring (bicyclic) bond motifs is 12. The molecule has 0 aliphatic heterocycles. The maximum Gasteiger partial charge on any atom is 0.0783 e. The van der Waals surface area contributed by atoms with Crippen LogP contribution < -0.4 is 0 Å². The van der Waals surface area contributed by atoms with Crippen LogP contribution in [0.1, 0.15) is 52.7 Å². The Balaban J connectivity index is 1.20. The van der Waals surface area contributed by atoms with Crippen LogP contribution in [-0.4, -0.2) is 8.80 Å². The van der Waals surface area contributed by atoms with E-state index in [-0.39, 0.29) is 10.8 Å². The summed E-state index contributed by atoms with van der Waals surface area (Å²) in [5, 5.41) is 10.4. The molecular weight excluding hydrogens is 653 g/mol. The van der Waals surface area contributed by atoms with Crippen LogP contribution in [0, 0.1) is 0 Å². The predicted molar refractivity (Wildman–Crippen MR) is 233 cm³/mol. The molecule has 0 saturated heterocycles. The Kier molecular flexibility index (Phi) is 6.24. The van der Waals surface area contributed by atoms with E-state index in [2.05, 4.69) is 196 Å². The van der Waals surface area contributed by atoms with Crippen LogP contribution in [0.3, 0.4) is 0 Å². The molecule has 0 spiro atoms. The van der Waals surface area contributed by atoms with E-state index < -0.39 is 0 Å². The number of aromatic nitrogens is 2. The molecule has 3 aromatic heterocycles. The summed E-state index contributed by atoms with van der Waals surface area (Å²) in [7, 11) is 0. The van der Waals surface area contributed by atoms with Gasteiger partial charge in [-0.15, -0.1) is 0 Å². The average molecular weight is 695 g/mol. The molecule has 0 amide bonds. The Bertz CT molecular complexity index is 3080. The van der Waals surface area contributed by atoms with Crippen molar-refractivity contribution in [3.63, 3.8) is 0 Å². The fourth-order valence-electron chi connectivity index (χ4n) is 9.47. The zero-order valence-electron chi connectivity index (χ0n) is 31.8. The second-order valence-electron chi connectivity index (χ2n) is 17.4. The van der Waals surface area contributed by atoms with Crippen molar-refractivity contribution in [3.8, 4) is 22.3 Å². The number of hydrogen-bond acceptors (Lipinski definition) is 0. The third-order valence-electron chi connectivity index (χ3n) is 12.2. The van der Waals surface area contributed by atoms with Crippen molar-refractivity contribution in [1.82, 2.24) is 8.80 Å². The molecule has 11 rings (SSSR count). The largest absolute Gasteiger partial charge is 0.305 e. The van der Waals surface area contributed by atoms with E-state index in [1.807, 2.05) is 0 Å². The lowest BCUT2D eigenvalue weighted by Gasteiger charge is -2.19. The van der Waals surface area contributed by atoms with Gasteiger partial charge in [-0.1, -0.05) is 163 Å². The van der Waals surface area contributed by atoms with Crippen LogP contribution in [0.2, 0.25) is 0 Å². The van der Waals surface area contributed by atoms with Gasteiger partial charge in [0.1, 0.15) is 0 Å². The second kappa shape index (κ2) is 10.7. The molecule has 0 N–H and O–H groups in total. The normalized spacial score (nSPS) is 13.0. The van der Waals surface area contributed by atoms with Crippen molar-refractivity contribution >= 4 is 76.2 Å². The fraction of sp³-hybridized carbons (Fsp3) is 0.154. The number of nitrogens with zero attached hydrogens (tertiary/aromatic N) is 2. The van der Waals surface area contributed by atoms with Gasteiger partial charge < -0.3 is 8.80 Å². The summed E-state index contributed by atoms with van der Waals surface area (Å²) >= 11 is 0. The minimum atomic E-state index is 0.122. The molecule has 0 saturated carbocycles. The van der Waals surface area contributed by atoms with E-state index in [1.165, 1.54) is 110 Å². The van der Waals surface area contributed by atoms with Gasteiger partial charge in [-0.2, -0.15) is 0 Å². The van der Waals surface area contributed by atoms with Crippen molar-refractivity contribution in [3.05, 3.63) is 157 Å². The first kappa shape index (κ1) is 31.4. The lowest BCUT2D eigenvalue weighted by atomic mass is 9.86. The highest BCUT2D eigenvalue weighted by Gasteiger charge is 2.24. The smallest absolute Gasteiger partial charge is 0.0783 e. The number of para-hydroxylation sites is 2. The molecule has 0 atom stereocenters. The van der Waals surface area contributed by atoms with E-state index in [1.54, 1.807) is 0 Å². The molecule has 2 heteroatoms. The molecular formula is C52H42N2. The van der Waals surface area contributed by atoms with Crippen LogP contribution >= 0.6 is 0 Å². The average Bonchev–Trinajstić information content (AvgIpc) is 3.71. The molecule has 0 fully saturated rings. The summed E-state index contributed by atoms with van der Waals surface area (Å²) in [4.78, 5) is 0. The molecule has 3 heterocycles. The molecule has 260 valence electrons. The Morgan fingerprint density at radius 1 is 0.315 bits per heavy atom. The second-order valence-corrected chi connectivity index (χ2v) is 17.4. The Hall–Kier alpha value is -6.12. The summed E-state index contributed by atoms with van der Waals surface area (Å²) in [6.07, 6.45) is 0. The van der Waals surface area contributed by atoms with Gasteiger partial charge >= 0.3 is 0 Å². The highest BCUT2D eigenvalue weighted by Crippen LogP contribution is 2.46. The molecule has 0 bridgehead atoms. The molecule has 8 aromatic carbocycles. The zero-order chi connectivity index (χ0) is 36.7. The third-order valence-corrected chi connectivity index (χ3v) is 12.2. The lowest BCUT2D eigenvalue weighted by Crippen LogP contribution is -2.10. The zero-order valence-corrected chi connectivity index (χ0v) is 31.8. The number of hydrogen-bond donors (Lipinski definition) is 0. The SMILES string of the molecule is CC(C)(C)c1ccc(-c2cccc3c2ccc2c3c3cccc4c3n2c2cccc3c5c6cccc(-c7ccc(C(C)(C)C)cc7)c6ccc5n4c32)cc1. The minimum Gasteiger partial charge on any atom is -0.305 e. The van der Waals surface area contributed by atoms with Gasteiger partial charge in [-0.25, -0.2) is 0 Å². The van der Waals surface area contributed by atoms with E-state index in [0.29, 0.717) is 0 Å². The lowest BCUT2D eigenvalue weighted by molar-refractivity contribution is 0.590. The molecule has 0 unspecified atom stereocenters. The van der Waals surface area contributed by atoms with E-state index in [0.717, 1.165) is 0 Å². The first-order valence-electron chi connectivity index (χ1n) is 19.3. The predicted octanol–water partition coefficient (Wildman–Crippen LogP) is 14.5. The molecule has 11 aromatic rings. The Morgan fingerprint density at radius 2 is 0.685 bits per heavy atom. The van der Waals surface area contributed by atoms with Crippen LogP contribution in [0.5, 0.6) is 0 Å². The van der Waals surface area contributed by atoms with Gasteiger partial charge in [0, 0.05) is 21.5 Å². The van der Waals surface area contributed by atoms with E-state index in [9.17, 15) is 0 Å². The highest BCUT2D eigenvalue weighted by molar-refractivity contribution is 6.30.